The van der Waals surface area contributed by atoms with E-state index in [1.165, 1.54) is 127 Å². The summed E-state index contributed by atoms with van der Waals surface area (Å²) in [6.45, 7) is 22.1. The molecule has 0 atom stereocenters. The molecule has 0 spiro atoms. The zero-order valence-corrected chi connectivity index (χ0v) is 26.0. The van der Waals surface area contributed by atoms with Crippen LogP contribution >= 0.6 is 0 Å². The van der Waals surface area contributed by atoms with Crippen molar-refractivity contribution >= 4 is 0 Å². The van der Waals surface area contributed by atoms with E-state index in [9.17, 15) is 0 Å². The number of aryl methyl sites for hydroxylation is 2. The summed E-state index contributed by atoms with van der Waals surface area (Å²) >= 11 is 0. The lowest BCUT2D eigenvalue weighted by Gasteiger charge is -1.93. The van der Waals surface area contributed by atoms with Crippen molar-refractivity contribution in [1.82, 2.24) is 0 Å². The van der Waals surface area contributed by atoms with Crippen LogP contribution in [-0.2, 0) is 0 Å². The third-order valence-corrected chi connectivity index (χ3v) is 5.75. The van der Waals surface area contributed by atoms with E-state index in [4.69, 9.17) is 0 Å². The zero-order chi connectivity index (χ0) is 26.7. The van der Waals surface area contributed by atoms with Crippen LogP contribution in [0.25, 0.3) is 0 Å². The Balaban J connectivity index is -0.000000167. The molecule has 0 amide bonds. The summed E-state index contributed by atoms with van der Waals surface area (Å²) in [5, 5.41) is 0. The van der Waals surface area contributed by atoms with Crippen LogP contribution < -0.4 is 0 Å². The molecule has 0 bridgehead atoms. The van der Waals surface area contributed by atoms with Gasteiger partial charge in [-0.3, -0.25) is 0 Å². The highest BCUT2D eigenvalue weighted by Crippen LogP contribution is 2.04. The molecule has 34 heavy (non-hydrogen) atoms. The molecule has 0 aliphatic heterocycles. The average Bonchev–Trinajstić information content (AvgIpc) is 2.85. The van der Waals surface area contributed by atoms with Crippen molar-refractivity contribution in [3.63, 3.8) is 0 Å². The second-order valence-corrected chi connectivity index (χ2v) is 9.62. The molecule has 1 aromatic carbocycles. The molecule has 0 heteroatoms. The summed E-state index contributed by atoms with van der Waals surface area (Å²) in [7, 11) is 0. The van der Waals surface area contributed by atoms with Gasteiger partial charge in [0.05, 0.1) is 0 Å². The summed E-state index contributed by atoms with van der Waals surface area (Å²) in [5.41, 5.74) is 2.74. The monoisotopic (exact) mass is 479 g/mol. The fourth-order valence-electron chi connectivity index (χ4n) is 3.05. The first kappa shape index (κ1) is 40.4. The molecule has 0 radical (unpaired) electrons. The summed E-state index contributed by atoms with van der Waals surface area (Å²) in [6, 6.07) is 8.36. The summed E-state index contributed by atoms with van der Waals surface area (Å²) < 4.78 is 0. The van der Waals surface area contributed by atoms with E-state index in [2.05, 4.69) is 93.5 Å². The Kier molecular flexibility index (Phi) is 50.4. The number of unbranched alkanes of at least 4 members (excludes halogenated alkanes) is 14. The predicted octanol–water partition coefficient (Wildman–Crippen LogP) is 13.4. The molecule has 0 N–H and O–H groups in total. The smallest absolute Gasteiger partial charge is 0.0395 e. The normalized spacial score (nSPS) is 9.24. The van der Waals surface area contributed by atoms with Crippen molar-refractivity contribution < 1.29 is 0 Å². The highest BCUT2D eigenvalue weighted by Gasteiger charge is 1.84. The second kappa shape index (κ2) is 42.4. The molecule has 0 aliphatic carbocycles. The summed E-state index contributed by atoms with van der Waals surface area (Å²) in [6.07, 6.45) is 25.1. The number of hydrogen-bond acceptors (Lipinski definition) is 0. The average molecular weight is 479 g/mol. The Morgan fingerprint density at radius 2 is 0.529 bits per heavy atom. The van der Waals surface area contributed by atoms with E-state index in [0.717, 1.165) is 0 Å². The SMILES string of the molecule is CCCCC.CCCCCC.CCCCCCC.CCCCCCCC.Cc1ccccc1C. The molecule has 0 heterocycles. The van der Waals surface area contributed by atoms with Crippen molar-refractivity contribution in [2.45, 2.75) is 185 Å². The minimum Gasteiger partial charge on any atom is -0.0654 e. The first-order valence-electron chi connectivity index (χ1n) is 15.5. The molecule has 0 unspecified atom stereocenters. The van der Waals surface area contributed by atoms with Crippen LogP contribution in [0.2, 0.25) is 0 Å². The summed E-state index contributed by atoms with van der Waals surface area (Å²) in [4.78, 5) is 0. The van der Waals surface area contributed by atoms with Gasteiger partial charge in [-0.1, -0.05) is 195 Å². The van der Waals surface area contributed by atoms with Gasteiger partial charge in [0, 0.05) is 0 Å². The Bertz CT molecular complexity index is 369. The third kappa shape index (κ3) is 48.6. The fraction of sp³-hybridized carbons (Fsp3) is 0.824. The van der Waals surface area contributed by atoms with Crippen molar-refractivity contribution in [2.75, 3.05) is 0 Å². The lowest BCUT2D eigenvalue weighted by molar-refractivity contribution is 0.624. The molecule has 0 saturated carbocycles. The van der Waals surface area contributed by atoms with Crippen LogP contribution in [-0.4, -0.2) is 0 Å². The molecule has 0 saturated heterocycles. The quantitative estimate of drug-likeness (QED) is 0.233. The maximum absolute atomic E-state index is 2.26. The lowest BCUT2D eigenvalue weighted by Crippen LogP contribution is -1.74. The van der Waals surface area contributed by atoms with Crippen LogP contribution in [0, 0.1) is 13.8 Å². The number of rotatable bonds is 14. The topological polar surface area (TPSA) is 0 Å². The van der Waals surface area contributed by atoms with Crippen LogP contribution in [0.15, 0.2) is 24.3 Å². The fourth-order valence-corrected chi connectivity index (χ4v) is 3.05. The van der Waals surface area contributed by atoms with Crippen LogP contribution in [0.5, 0.6) is 0 Å². The van der Waals surface area contributed by atoms with Gasteiger partial charge >= 0.3 is 0 Å². The Morgan fingerprint density at radius 3 is 0.706 bits per heavy atom. The Hall–Kier alpha value is -0.780. The van der Waals surface area contributed by atoms with E-state index in [1.807, 2.05) is 0 Å². The molecule has 0 fully saturated rings. The molecule has 0 aliphatic rings. The highest BCUT2D eigenvalue weighted by molar-refractivity contribution is 5.23. The Morgan fingerprint density at radius 1 is 0.324 bits per heavy atom. The van der Waals surface area contributed by atoms with Gasteiger partial charge in [0.1, 0.15) is 0 Å². The van der Waals surface area contributed by atoms with E-state index >= 15 is 0 Å². The first-order valence-corrected chi connectivity index (χ1v) is 15.5. The van der Waals surface area contributed by atoms with E-state index < -0.39 is 0 Å². The first-order chi connectivity index (χ1) is 16.5. The van der Waals surface area contributed by atoms with E-state index in [1.54, 1.807) is 0 Å². The van der Waals surface area contributed by atoms with Crippen molar-refractivity contribution in [1.29, 1.82) is 0 Å². The lowest BCUT2D eigenvalue weighted by atomic mass is 10.1. The van der Waals surface area contributed by atoms with Gasteiger partial charge in [-0.2, -0.15) is 0 Å². The minimum atomic E-state index is 1.34. The van der Waals surface area contributed by atoms with Crippen molar-refractivity contribution in [2.24, 2.45) is 0 Å². The van der Waals surface area contributed by atoms with Crippen LogP contribution in [0.3, 0.4) is 0 Å². The molecule has 206 valence electrons. The van der Waals surface area contributed by atoms with Gasteiger partial charge in [-0.05, 0) is 25.0 Å². The third-order valence-electron chi connectivity index (χ3n) is 5.75. The number of hydrogen-bond donors (Lipinski definition) is 0. The predicted molar refractivity (Wildman–Crippen MR) is 164 cm³/mol. The van der Waals surface area contributed by atoms with Crippen molar-refractivity contribution in [3.05, 3.63) is 35.4 Å². The Labute approximate surface area is 220 Å². The van der Waals surface area contributed by atoms with E-state index in [0.29, 0.717) is 0 Å². The van der Waals surface area contributed by atoms with Gasteiger partial charge in [0.15, 0.2) is 0 Å². The van der Waals surface area contributed by atoms with Gasteiger partial charge < -0.3 is 0 Å². The van der Waals surface area contributed by atoms with Crippen molar-refractivity contribution in [3.8, 4) is 0 Å². The van der Waals surface area contributed by atoms with Gasteiger partial charge in [0.2, 0.25) is 0 Å². The maximum Gasteiger partial charge on any atom is -0.0395 e. The maximum atomic E-state index is 2.26. The molecular formula is C34H70. The van der Waals surface area contributed by atoms with Gasteiger partial charge in [0.25, 0.3) is 0 Å². The summed E-state index contributed by atoms with van der Waals surface area (Å²) in [5.74, 6) is 0. The van der Waals surface area contributed by atoms with Gasteiger partial charge in [-0.25, -0.2) is 0 Å². The second-order valence-electron chi connectivity index (χ2n) is 9.62. The standard InChI is InChI=1S/C8H10.C8H18.C7H16.C6H14.C5H12/c1-7-5-3-4-6-8(7)2;1-3-5-7-8-6-4-2;1-3-5-7-6-4-2;1-3-5-6-4-2;1-3-5-4-2/h3-6H,1-2H3;3-8H2,1-2H3;3-7H2,1-2H3;3-6H2,1-2H3;3-5H2,1-2H3. The highest BCUT2D eigenvalue weighted by atomic mass is 13.9. The molecule has 1 rings (SSSR count). The van der Waals surface area contributed by atoms with E-state index in [-0.39, 0.29) is 0 Å². The zero-order valence-electron chi connectivity index (χ0n) is 26.0. The largest absolute Gasteiger partial charge is 0.0654 e. The molecule has 0 aromatic heterocycles. The molecular weight excluding hydrogens is 408 g/mol. The van der Waals surface area contributed by atoms with Crippen LogP contribution in [0.1, 0.15) is 182 Å². The number of benzene rings is 1. The molecule has 0 nitrogen and oxygen atoms in total. The molecule has 1 aromatic rings. The minimum absolute atomic E-state index is 1.34. The van der Waals surface area contributed by atoms with Crippen LogP contribution in [0.4, 0.5) is 0 Å². The van der Waals surface area contributed by atoms with Gasteiger partial charge in [-0.15, -0.1) is 0 Å².